The van der Waals surface area contributed by atoms with Gasteiger partial charge in [0, 0.05) is 19.3 Å². The minimum Gasteiger partial charge on any atom is -0.477 e. The monoisotopic (exact) mass is 568 g/mol. The third kappa shape index (κ3) is 22.6. The van der Waals surface area contributed by atoms with Gasteiger partial charge in [0.2, 0.25) is 0 Å². The number of unbranched alkanes of at least 4 members (excludes halogenated alkanes) is 8. The van der Waals surface area contributed by atoms with Gasteiger partial charge in [-0.3, -0.25) is 9.59 Å². The number of carboxylic acid groups (broad SMARTS) is 1. The Morgan fingerprint density at radius 2 is 1.38 bits per heavy atom. The van der Waals surface area contributed by atoms with E-state index >= 15 is 0 Å². The molecule has 0 aromatic rings. The van der Waals surface area contributed by atoms with E-state index in [4.69, 9.17) is 14.2 Å². The first-order chi connectivity index (χ1) is 19.1. The smallest absolute Gasteiger partial charge is 0.362 e. The Labute approximate surface area is 243 Å². The largest absolute Gasteiger partial charge is 0.477 e. The van der Waals surface area contributed by atoms with E-state index < -0.39 is 18.1 Å². The molecule has 0 rings (SSSR count). The van der Waals surface area contributed by atoms with Crippen molar-refractivity contribution < 1.29 is 38.2 Å². The van der Waals surface area contributed by atoms with E-state index in [1.807, 2.05) is 28.1 Å². The van der Waals surface area contributed by atoms with Crippen molar-refractivity contribution in [1.29, 1.82) is 0 Å². The molecule has 0 saturated heterocycles. The van der Waals surface area contributed by atoms with E-state index in [0.29, 0.717) is 25.7 Å². The number of allylic oxidation sites excluding steroid dienone is 4. The molecule has 0 saturated carbocycles. The number of carbonyl (C=O) groups excluding carboxylic acids is 2. The lowest BCUT2D eigenvalue weighted by atomic mass is 10.1. The molecule has 2 atom stereocenters. The maximum Gasteiger partial charge on any atom is 0.362 e. The molecule has 0 radical (unpaired) electrons. The third-order valence-electron chi connectivity index (χ3n) is 6.57. The molecule has 0 bridgehead atoms. The van der Waals surface area contributed by atoms with Gasteiger partial charge in [0.1, 0.15) is 6.61 Å². The summed E-state index contributed by atoms with van der Waals surface area (Å²) in [7, 11) is 5.47. The van der Waals surface area contributed by atoms with Gasteiger partial charge < -0.3 is 23.8 Å². The number of rotatable bonds is 26. The summed E-state index contributed by atoms with van der Waals surface area (Å²) < 4.78 is 16.7. The molecule has 0 spiro atoms. The lowest BCUT2D eigenvalue weighted by molar-refractivity contribution is -0.887. The molecule has 0 aliphatic rings. The third-order valence-corrected chi connectivity index (χ3v) is 6.57. The Kier molecular flexibility index (Phi) is 23.2. The molecule has 8 nitrogen and oxygen atoms in total. The van der Waals surface area contributed by atoms with Gasteiger partial charge in [-0.2, -0.15) is 0 Å². The van der Waals surface area contributed by atoms with Crippen LogP contribution in [0.1, 0.15) is 110 Å². The molecule has 0 fully saturated rings. The number of likely N-dealkylation sites (N-methyl/N-ethyl adjacent to an activating group) is 1. The van der Waals surface area contributed by atoms with Gasteiger partial charge in [0.05, 0.1) is 34.4 Å². The van der Waals surface area contributed by atoms with Crippen molar-refractivity contribution >= 4 is 17.9 Å². The first kappa shape index (κ1) is 37.8. The summed E-state index contributed by atoms with van der Waals surface area (Å²) >= 11 is 0. The van der Waals surface area contributed by atoms with Crippen LogP contribution in [-0.2, 0) is 28.6 Å². The number of quaternary nitrogens is 1. The van der Waals surface area contributed by atoms with E-state index in [9.17, 15) is 19.5 Å². The predicted molar refractivity (Wildman–Crippen MR) is 160 cm³/mol. The standard InChI is InChI=1S/C32H57NO7/c1-6-8-9-10-11-12-13-14-15-16-17-18-19-20-21-23-31(35)40-28(27-39-30(34)22-7-2)26-38-25-24-29(32(36)37)33(3,4)5/h11-12,14-15,28-29H,6-10,13,16-27H2,1-5H3/p+1/b12-11-,15-14-. The van der Waals surface area contributed by atoms with Crippen LogP contribution in [0, 0.1) is 0 Å². The molecule has 0 aliphatic carbocycles. The number of aliphatic carboxylic acids is 1. The number of esters is 2. The fraction of sp³-hybridized carbons (Fsp3) is 0.781. The Morgan fingerprint density at radius 3 is 1.98 bits per heavy atom. The Balaban J connectivity index is 4.23. The van der Waals surface area contributed by atoms with Gasteiger partial charge in [-0.15, -0.1) is 0 Å². The van der Waals surface area contributed by atoms with Crippen molar-refractivity contribution in [2.24, 2.45) is 0 Å². The van der Waals surface area contributed by atoms with Crippen molar-refractivity contribution in [2.75, 3.05) is 41.0 Å². The molecule has 0 aromatic heterocycles. The zero-order valence-electron chi connectivity index (χ0n) is 26.0. The Morgan fingerprint density at radius 1 is 0.750 bits per heavy atom. The van der Waals surface area contributed by atoms with Crippen LogP contribution in [0.25, 0.3) is 0 Å². The summed E-state index contributed by atoms with van der Waals surface area (Å²) in [5, 5.41) is 9.46. The number of hydrogen-bond acceptors (Lipinski definition) is 6. The molecular formula is C32H58NO7+. The summed E-state index contributed by atoms with van der Waals surface area (Å²) in [5.41, 5.74) is 0. The highest BCUT2D eigenvalue weighted by Gasteiger charge is 2.31. The minimum atomic E-state index is -0.884. The van der Waals surface area contributed by atoms with Gasteiger partial charge in [0.25, 0.3) is 0 Å². The van der Waals surface area contributed by atoms with Crippen LogP contribution in [0.2, 0.25) is 0 Å². The van der Waals surface area contributed by atoms with E-state index in [2.05, 4.69) is 31.2 Å². The maximum absolute atomic E-state index is 12.4. The number of carbonyl (C=O) groups is 3. The number of ether oxygens (including phenoxy) is 3. The molecule has 0 heterocycles. The van der Waals surface area contributed by atoms with Gasteiger partial charge in [0.15, 0.2) is 12.1 Å². The van der Waals surface area contributed by atoms with Crippen molar-refractivity contribution in [3.63, 3.8) is 0 Å². The molecule has 40 heavy (non-hydrogen) atoms. The summed E-state index contributed by atoms with van der Waals surface area (Å²) in [5.74, 6) is -1.56. The molecule has 2 unspecified atom stereocenters. The van der Waals surface area contributed by atoms with Crippen molar-refractivity contribution in [3.8, 4) is 0 Å². The van der Waals surface area contributed by atoms with Crippen LogP contribution < -0.4 is 0 Å². The number of hydrogen-bond donors (Lipinski definition) is 1. The average Bonchev–Trinajstić information content (AvgIpc) is 2.88. The summed E-state index contributed by atoms with van der Waals surface area (Å²) in [6.07, 6.45) is 22.2. The molecule has 0 aromatic carbocycles. The molecule has 232 valence electrons. The van der Waals surface area contributed by atoms with Crippen molar-refractivity contribution in [2.45, 2.75) is 122 Å². The predicted octanol–water partition coefficient (Wildman–Crippen LogP) is 6.62. The van der Waals surface area contributed by atoms with E-state index in [1.54, 1.807) is 0 Å². The second-order valence-corrected chi connectivity index (χ2v) is 11.4. The lowest BCUT2D eigenvalue weighted by Crippen LogP contribution is -2.50. The van der Waals surface area contributed by atoms with Crippen molar-refractivity contribution in [3.05, 3.63) is 24.3 Å². The van der Waals surface area contributed by atoms with Crippen molar-refractivity contribution in [1.82, 2.24) is 0 Å². The van der Waals surface area contributed by atoms with Gasteiger partial charge in [-0.25, -0.2) is 4.79 Å². The first-order valence-corrected chi connectivity index (χ1v) is 15.4. The minimum absolute atomic E-state index is 0.0524. The van der Waals surface area contributed by atoms with Gasteiger partial charge >= 0.3 is 17.9 Å². The average molecular weight is 569 g/mol. The van der Waals surface area contributed by atoms with E-state index in [0.717, 1.165) is 44.9 Å². The quantitative estimate of drug-likeness (QED) is 0.0542. The SMILES string of the molecule is CCCCC/C=C\C/C=C\CCCCCCCC(=O)OC(COCCC(C(=O)O)[N+](C)(C)C)COC(=O)CCC. The Bertz CT molecular complexity index is 727. The second kappa shape index (κ2) is 24.6. The zero-order valence-corrected chi connectivity index (χ0v) is 26.0. The molecule has 0 amide bonds. The molecule has 0 aliphatic heterocycles. The van der Waals surface area contributed by atoms with E-state index in [1.165, 1.54) is 25.7 Å². The Hall–Kier alpha value is -2.19. The second-order valence-electron chi connectivity index (χ2n) is 11.4. The maximum atomic E-state index is 12.4. The highest BCUT2D eigenvalue weighted by Crippen LogP contribution is 2.11. The fourth-order valence-electron chi connectivity index (χ4n) is 4.16. The highest BCUT2D eigenvalue weighted by atomic mass is 16.6. The van der Waals surface area contributed by atoms with Gasteiger partial charge in [-0.05, 0) is 44.9 Å². The highest BCUT2D eigenvalue weighted by molar-refractivity contribution is 5.72. The van der Waals surface area contributed by atoms with Crippen LogP contribution in [0.4, 0.5) is 0 Å². The number of nitrogens with zero attached hydrogens (tertiary/aromatic N) is 1. The summed E-state index contributed by atoms with van der Waals surface area (Å²) in [6.45, 7) is 4.30. The first-order valence-electron chi connectivity index (χ1n) is 15.4. The van der Waals surface area contributed by atoms with E-state index in [-0.39, 0.29) is 36.2 Å². The molecule has 1 N–H and O–H groups in total. The lowest BCUT2D eigenvalue weighted by Gasteiger charge is -2.31. The summed E-state index contributed by atoms with van der Waals surface area (Å²) in [6, 6.07) is -0.610. The van der Waals surface area contributed by atoms with Crippen LogP contribution in [0.5, 0.6) is 0 Å². The van der Waals surface area contributed by atoms with Crippen LogP contribution in [0.3, 0.4) is 0 Å². The molecule has 8 heteroatoms. The number of carboxylic acids is 1. The van der Waals surface area contributed by atoms with Crippen LogP contribution >= 0.6 is 0 Å². The zero-order chi connectivity index (χ0) is 30.1. The van der Waals surface area contributed by atoms with Gasteiger partial charge in [-0.1, -0.05) is 70.3 Å². The molecular weight excluding hydrogens is 510 g/mol. The fourth-order valence-corrected chi connectivity index (χ4v) is 4.16. The van der Waals surface area contributed by atoms with Crippen LogP contribution in [-0.4, -0.2) is 80.6 Å². The topological polar surface area (TPSA) is 99.1 Å². The summed E-state index contributed by atoms with van der Waals surface area (Å²) in [4.78, 5) is 35.7. The normalized spacial score (nSPS) is 13.5. The van der Waals surface area contributed by atoms with Crippen LogP contribution in [0.15, 0.2) is 24.3 Å².